The Hall–Kier alpha value is -0.560. The molecule has 1 aliphatic heterocycles. The molecule has 2 fully saturated rings. The second-order valence-electron chi connectivity index (χ2n) is 4.14. The average Bonchev–Trinajstić information content (AvgIpc) is 2.19. The van der Waals surface area contributed by atoms with Gasteiger partial charge in [-0.3, -0.25) is 4.79 Å². The Morgan fingerprint density at radius 1 is 1.57 bits per heavy atom. The number of piperidine rings is 1. The van der Waals surface area contributed by atoms with Gasteiger partial charge in [-0.25, -0.2) is 0 Å². The van der Waals surface area contributed by atoms with Crippen molar-refractivity contribution in [3.05, 3.63) is 0 Å². The molecule has 0 aromatic rings. The number of carbonyl (C=O) groups excluding carboxylic acids is 1. The number of Topliss-reactive ketones (excluding diaryl/α,β-unsaturated/α-hetero) is 1. The molecule has 0 N–H and O–H groups in total. The van der Waals surface area contributed by atoms with Crippen molar-refractivity contribution in [3.8, 4) is 6.19 Å². The summed E-state index contributed by atoms with van der Waals surface area (Å²) in [6.07, 6.45) is 5.85. The average molecular weight is 257 g/mol. The van der Waals surface area contributed by atoms with Crippen molar-refractivity contribution in [1.29, 1.82) is 5.26 Å². The largest absolute Gasteiger partial charge is 0.307 e. The third kappa shape index (κ3) is 1.66. The number of ketones is 1. The molecule has 1 heterocycles. The fraction of sp³-hybridized carbons (Fsp3) is 0.800. The molecule has 0 radical (unpaired) electrons. The van der Waals surface area contributed by atoms with Crippen LogP contribution in [0.5, 0.6) is 0 Å². The van der Waals surface area contributed by atoms with Crippen molar-refractivity contribution >= 4 is 21.7 Å². The molecule has 76 valence electrons. The number of carbonyl (C=O) groups is 1. The van der Waals surface area contributed by atoms with Gasteiger partial charge in [-0.2, -0.15) is 5.26 Å². The molecule has 0 spiro atoms. The van der Waals surface area contributed by atoms with Crippen LogP contribution in [0.4, 0.5) is 0 Å². The maximum absolute atomic E-state index is 11.5. The van der Waals surface area contributed by atoms with Gasteiger partial charge in [0.15, 0.2) is 6.19 Å². The molecule has 3 atom stereocenters. The minimum atomic E-state index is -0.0299. The molecule has 1 unspecified atom stereocenters. The summed E-state index contributed by atoms with van der Waals surface area (Å²) < 4.78 is 0. The molecule has 0 aromatic carbocycles. The maximum atomic E-state index is 11.5. The summed E-state index contributed by atoms with van der Waals surface area (Å²) in [5.74, 6) is 0.732. The number of alkyl halides is 1. The highest BCUT2D eigenvalue weighted by atomic mass is 79.9. The van der Waals surface area contributed by atoms with E-state index >= 15 is 0 Å². The molecular weight excluding hydrogens is 244 g/mol. The molecule has 14 heavy (non-hydrogen) atoms. The normalized spacial score (nSPS) is 37.6. The summed E-state index contributed by atoms with van der Waals surface area (Å²) >= 11 is 3.39. The van der Waals surface area contributed by atoms with Crippen molar-refractivity contribution in [1.82, 2.24) is 4.90 Å². The Kier molecular flexibility index (Phi) is 2.78. The lowest BCUT2D eigenvalue weighted by Gasteiger charge is -2.42. The van der Waals surface area contributed by atoms with E-state index in [-0.39, 0.29) is 4.83 Å². The van der Waals surface area contributed by atoms with E-state index in [1.165, 1.54) is 0 Å². The minimum absolute atomic E-state index is 0.0299. The second-order valence-corrected chi connectivity index (χ2v) is 5.24. The first-order valence-electron chi connectivity index (χ1n) is 5.05. The molecule has 2 rings (SSSR count). The van der Waals surface area contributed by atoms with Crippen LogP contribution in [0, 0.1) is 17.4 Å². The zero-order valence-electron chi connectivity index (χ0n) is 7.95. The van der Waals surface area contributed by atoms with E-state index in [1.807, 2.05) is 4.90 Å². The lowest BCUT2D eigenvalue weighted by Crippen LogP contribution is -2.48. The molecule has 1 saturated heterocycles. The number of likely N-dealkylation sites (tertiary alicyclic amines) is 1. The standard InChI is InChI=1S/C10H13BrN2O/c11-8-5-9-7(4-10(8)14)2-1-3-13(9)6-12/h7-9H,1-5H2/t7-,8?,9-/m0/s1. The number of nitrogens with zero attached hydrogens (tertiary/aromatic N) is 2. The van der Waals surface area contributed by atoms with Crippen LogP contribution in [-0.2, 0) is 4.79 Å². The summed E-state index contributed by atoms with van der Waals surface area (Å²) in [6.45, 7) is 0.867. The minimum Gasteiger partial charge on any atom is -0.307 e. The van der Waals surface area contributed by atoms with Gasteiger partial charge in [0.05, 0.1) is 4.83 Å². The molecule has 3 nitrogen and oxygen atoms in total. The fourth-order valence-corrected chi connectivity index (χ4v) is 3.12. The van der Waals surface area contributed by atoms with Gasteiger partial charge < -0.3 is 4.90 Å². The molecule has 4 heteroatoms. The maximum Gasteiger partial charge on any atom is 0.179 e. The Balaban J connectivity index is 2.12. The lowest BCUT2D eigenvalue weighted by molar-refractivity contribution is -0.122. The highest BCUT2D eigenvalue weighted by molar-refractivity contribution is 9.10. The number of rotatable bonds is 0. The molecule has 2 aliphatic rings. The first kappa shape index (κ1) is 9.97. The van der Waals surface area contributed by atoms with Gasteiger partial charge in [-0.05, 0) is 25.2 Å². The summed E-state index contributed by atoms with van der Waals surface area (Å²) in [7, 11) is 0. The molecular formula is C10H13BrN2O. The van der Waals surface area contributed by atoms with Crippen molar-refractivity contribution in [2.75, 3.05) is 6.54 Å². The van der Waals surface area contributed by atoms with E-state index < -0.39 is 0 Å². The van der Waals surface area contributed by atoms with E-state index in [4.69, 9.17) is 5.26 Å². The molecule has 0 bridgehead atoms. The predicted molar refractivity (Wildman–Crippen MR) is 55.8 cm³/mol. The smallest absolute Gasteiger partial charge is 0.179 e. The number of hydrogen-bond donors (Lipinski definition) is 0. The predicted octanol–water partition coefficient (Wildman–Crippen LogP) is 1.67. The molecule has 1 saturated carbocycles. The Bertz CT molecular complexity index is 286. The first-order chi connectivity index (χ1) is 6.72. The van der Waals surface area contributed by atoms with Gasteiger partial charge in [0.1, 0.15) is 5.78 Å². The van der Waals surface area contributed by atoms with Crippen LogP contribution in [0.1, 0.15) is 25.7 Å². The SMILES string of the molecule is N#CN1CCC[C@H]2CC(=O)C(Br)C[C@@H]21. The zero-order chi connectivity index (χ0) is 10.1. The van der Waals surface area contributed by atoms with Gasteiger partial charge in [-0.1, -0.05) is 15.9 Å². The van der Waals surface area contributed by atoms with Crippen molar-refractivity contribution in [3.63, 3.8) is 0 Å². The monoisotopic (exact) mass is 256 g/mol. The fourth-order valence-electron chi connectivity index (χ4n) is 2.55. The van der Waals surface area contributed by atoms with Crippen LogP contribution in [0.2, 0.25) is 0 Å². The third-order valence-corrected chi connectivity index (χ3v) is 4.19. The summed E-state index contributed by atoms with van der Waals surface area (Å²) in [4.78, 5) is 13.3. The highest BCUT2D eigenvalue weighted by Gasteiger charge is 2.39. The van der Waals surface area contributed by atoms with E-state index in [2.05, 4.69) is 22.1 Å². The van der Waals surface area contributed by atoms with Crippen molar-refractivity contribution in [2.24, 2.45) is 5.92 Å². The van der Waals surface area contributed by atoms with Crippen LogP contribution in [-0.4, -0.2) is 28.1 Å². The number of nitriles is 1. The summed E-state index contributed by atoms with van der Waals surface area (Å²) in [5, 5.41) is 8.96. The van der Waals surface area contributed by atoms with Crippen molar-refractivity contribution < 1.29 is 4.79 Å². The molecule has 1 aliphatic carbocycles. The van der Waals surface area contributed by atoms with Gasteiger partial charge in [0.25, 0.3) is 0 Å². The van der Waals surface area contributed by atoms with Crippen LogP contribution in [0.15, 0.2) is 0 Å². The summed E-state index contributed by atoms with van der Waals surface area (Å²) in [6, 6.07) is 0.302. The Labute approximate surface area is 92.2 Å². The zero-order valence-corrected chi connectivity index (χ0v) is 9.53. The van der Waals surface area contributed by atoms with E-state index in [0.717, 1.165) is 25.8 Å². The van der Waals surface area contributed by atoms with Crippen LogP contribution in [0.25, 0.3) is 0 Å². The number of hydrogen-bond acceptors (Lipinski definition) is 3. The Morgan fingerprint density at radius 3 is 3.07 bits per heavy atom. The van der Waals surface area contributed by atoms with Gasteiger partial charge in [0, 0.05) is 19.0 Å². The second kappa shape index (κ2) is 3.90. The lowest BCUT2D eigenvalue weighted by atomic mass is 9.78. The topological polar surface area (TPSA) is 44.1 Å². The summed E-state index contributed by atoms with van der Waals surface area (Å²) in [5.41, 5.74) is 0. The van der Waals surface area contributed by atoms with Crippen LogP contribution >= 0.6 is 15.9 Å². The van der Waals surface area contributed by atoms with E-state index in [1.54, 1.807) is 0 Å². The van der Waals surface area contributed by atoms with E-state index in [9.17, 15) is 4.79 Å². The van der Waals surface area contributed by atoms with Crippen LogP contribution < -0.4 is 0 Å². The third-order valence-electron chi connectivity index (χ3n) is 3.31. The highest BCUT2D eigenvalue weighted by Crippen LogP contribution is 2.35. The first-order valence-corrected chi connectivity index (χ1v) is 5.97. The quantitative estimate of drug-likeness (QED) is 0.490. The molecule has 0 amide bonds. The Morgan fingerprint density at radius 2 is 2.36 bits per heavy atom. The van der Waals surface area contributed by atoms with E-state index in [0.29, 0.717) is 24.2 Å². The van der Waals surface area contributed by atoms with Crippen molar-refractivity contribution in [2.45, 2.75) is 36.6 Å². The van der Waals surface area contributed by atoms with Gasteiger partial charge in [-0.15, -0.1) is 0 Å². The number of fused-ring (bicyclic) bond motifs is 1. The van der Waals surface area contributed by atoms with Gasteiger partial charge in [0.2, 0.25) is 0 Å². The number of halogens is 1. The van der Waals surface area contributed by atoms with Crippen LogP contribution in [0.3, 0.4) is 0 Å². The molecule has 0 aromatic heterocycles. The van der Waals surface area contributed by atoms with Gasteiger partial charge >= 0.3 is 0 Å².